The Kier molecular flexibility index (Phi) is 6.60. The maximum atomic E-state index is 11.9. The smallest absolute Gasteiger partial charge is 0.239 e. The fourth-order valence-electron chi connectivity index (χ4n) is 2.49. The predicted octanol–water partition coefficient (Wildman–Crippen LogP) is 0.293. The zero-order chi connectivity index (χ0) is 13.5. The number of hydrogen-bond acceptors (Lipinski definition) is 4. The van der Waals surface area contributed by atoms with E-state index in [1.165, 1.54) is 0 Å². The van der Waals surface area contributed by atoms with Crippen molar-refractivity contribution in [1.29, 1.82) is 0 Å². The molecule has 1 saturated heterocycles. The van der Waals surface area contributed by atoms with Crippen molar-refractivity contribution in [2.45, 2.75) is 38.8 Å². The number of carbonyl (C=O) groups excluding carboxylic acids is 1. The summed E-state index contributed by atoms with van der Waals surface area (Å²) in [6.45, 7) is 8.15. The molecule has 1 aliphatic heterocycles. The predicted molar refractivity (Wildman–Crippen MR) is 72.4 cm³/mol. The molecular weight excluding hydrogens is 230 g/mol. The number of amides is 1. The number of hydrogen-bond donors (Lipinski definition) is 1. The summed E-state index contributed by atoms with van der Waals surface area (Å²) in [5.41, 5.74) is 5.68. The summed E-state index contributed by atoms with van der Waals surface area (Å²) in [5, 5.41) is 0. The molecule has 0 aliphatic carbocycles. The molecule has 0 aromatic heterocycles. The normalized spacial score (nSPS) is 23.1. The summed E-state index contributed by atoms with van der Waals surface area (Å²) in [6.07, 6.45) is 2.25. The van der Waals surface area contributed by atoms with Gasteiger partial charge < -0.3 is 15.4 Å². The molecule has 2 atom stereocenters. The second-order valence-electron chi connectivity index (χ2n) is 5.04. The molecule has 0 spiro atoms. The highest BCUT2D eigenvalue weighted by atomic mass is 16.5. The third-order valence-corrected chi connectivity index (χ3v) is 3.51. The Morgan fingerprint density at radius 2 is 2.22 bits per heavy atom. The van der Waals surface area contributed by atoms with Gasteiger partial charge in [-0.1, -0.05) is 13.3 Å². The fourth-order valence-corrected chi connectivity index (χ4v) is 2.49. The third-order valence-electron chi connectivity index (χ3n) is 3.51. The first-order chi connectivity index (χ1) is 8.60. The SMILES string of the molecule is CCC[C@H]1CN(C(=O)[C@H](C)N)CCN1CCOC. The van der Waals surface area contributed by atoms with E-state index in [1.807, 2.05) is 4.90 Å². The van der Waals surface area contributed by atoms with Gasteiger partial charge in [-0.25, -0.2) is 0 Å². The number of carbonyl (C=O) groups is 1. The Morgan fingerprint density at radius 3 is 2.78 bits per heavy atom. The van der Waals surface area contributed by atoms with E-state index in [0.29, 0.717) is 6.04 Å². The first-order valence-electron chi connectivity index (χ1n) is 6.87. The van der Waals surface area contributed by atoms with Crippen LogP contribution in [0.15, 0.2) is 0 Å². The van der Waals surface area contributed by atoms with Gasteiger partial charge in [-0.05, 0) is 13.3 Å². The molecule has 2 N–H and O–H groups in total. The number of methoxy groups -OCH3 is 1. The van der Waals surface area contributed by atoms with Gasteiger partial charge in [0, 0.05) is 39.3 Å². The summed E-state index contributed by atoms with van der Waals surface area (Å²) < 4.78 is 5.14. The van der Waals surface area contributed by atoms with Crippen LogP contribution in [0.2, 0.25) is 0 Å². The number of rotatable bonds is 6. The lowest BCUT2D eigenvalue weighted by Crippen LogP contribution is -2.57. The maximum absolute atomic E-state index is 11.9. The van der Waals surface area contributed by atoms with E-state index in [4.69, 9.17) is 10.5 Å². The summed E-state index contributed by atoms with van der Waals surface area (Å²) in [5.74, 6) is 0.0718. The molecule has 1 heterocycles. The van der Waals surface area contributed by atoms with Crippen LogP contribution in [-0.2, 0) is 9.53 Å². The minimum absolute atomic E-state index is 0.0718. The van der Waals surface area contributed by atoms with Crippen molar-refractivity contribution in [2.75, 3.05) is 39.9 Å². The highest BCUT2D eigenvalue weighted by Crippen LogP contribution is 2.15. The Hall–Kier alpha value is -0.650. The van der Waals surface area contributed by atoms with E-state index in [9.17, 15) is 4.79 Å². The molecule has 0 aromatic rings. The molecule has 1 rings (SSSR count). The number of nitrogens with zero attached hydrogens (tertiary/aromatic N) is 2. The van der Waals surface area contributed by atoms with Gasteiger partial charge in [-0.3, -0.25) is 9.69 Å². The molecule has 1 fully saturated rings. The summed E-state index contributed by atoms with van der Waals surface area (Å²) in [6, 6.07) is 0.0550. The largest absolute Gasteiger partial charge is 0.383 e. The van der Waals surface area contributed by atoms with E-state index >= 15 is 0 Å². The van der Waals surface area contributed by atoms with Crippen molar-refractivity contribution >= 4 is 5.91 Å². The van der Waals surface area contributed by atoms with Crippen LogP contribution in [0.4, 0.5) is 0 Å². The van der Waals surface area contributed by atoms with E-state index in [1.54, 1.807) is 14.0 Å². The van der Waals surface area contributed by atoms with E-state index in [2.05, 4.69) is 11.8 Å². The van der Waals surface area contributed by atoms with Gasteiger partial charge in [0.2, 0.25) is 5.91 Å². The molecule has 5 heteroatoms. The van der Waals surface area contributed by atoms with Crippen LogP contribution < -0.4 is 5.73 Å². The molecule has 0 aromatic carbocycles. The topological polar surface area (TPSA) is 58.8 Å². The van der Waals surface area contributed by atoms with Gasteiger partial charge in [0.25, 0.3) is 0 Å². The highest BCUT2D eigenvalue weighted by molar-refractivity contribution is 5.81. The molecule has 0 saturated carbocycles. The van der Waals surface area contributed by atoms with E-state index in [0.717, 1.165) is 45.6 Å². The Bertz CT molecular complexity index is 259. The quantitative estimate of drug-likeness (QED) is 0.743. The first kappa shape index (κ1) is 15.4. The number of nitrogens with two attached hydrogens (primary N) is 1. The van der Waals surface area contributed by atoms with Crippen LogP contribution in [0.5, 0.6) is 0 Å². The summed E-state index contributed by atoms with van der Waals surface area (Å²) in [7, 11) is 1.73. The van der Waals surface area contributed by atoms with Crippen molar-refractivity contribution in [1.82, 2.24) is 9.80 Å². The lowest BCUT2D eigenvalue weighted by Gasteiger charge is -2.42. The average molecular weight is 257 g/mol. The maximum Gasteiger partial charge on any atom is 0.239 e. The third kappa shape index (κ3) is 4.23. The second-order valence-corrected chi connectivity index (χ2v) is 5.04. The van der Waals surface area contributed by atoms with Crippen LogP contribution in [0.3, 0.4) is 0 Å². The first-order valence-corrected chi connectivity index (χ1v) is 6.87. The minimum Gasteiger partial charge on any atom is -0.383 e. The Balaban J connectivity index is 2.55. The molecule has 0 bridgehead atoms. The Labute approximate surface area is 110 Å². The van der Waals surface area contributed by atoms with Gasteiger partial charge in [0.1, 0.15) is 0 Å². The monoisotopic (exact) mass is 257 g/mol. The molecular formula is C13H27N3O2. The van der Waals surface area contributed by atoms with Crippen molar-refractivity contribution < 1.29 is 9.53 Å². The van der Waals surface area contributed by atoms with Crippen LogP contribution >= 0.6 is 0 Å². The average Bonchev–Trinajstić information content (AvgIpc) is 2.36. The molecule has 1 amide bonds. The standard InChI is InChI=1S/C13H27N3O2/c1-4-5-12-10-16(13(17)11(2)14)7-6-15(12)8-9-18-3/h11-12H,4-10,14H2,1-3H3/t11-,12-/m0/s1. The van der Waals surface area contributed by atoms with Gasteiger partial charge in [0.15, 0.2) is 0 Å². The molecule has 5 nitrogen and oxygen atoms in total. The lowest BCUT2D eigenvalue weighted by atomic mass is 10.1. The van der Waals surface area contributed by atoms with E-state index < -0.39 is 6.04 Å². The van der Waals surface area contributed by atoms with Crippen LogP contribution in [0.25, 0.3) is 0 Å². The Morgan fingerprint density at radius 1 is 1.50 bits per heavy atom. The molecule has 18 heavy (non-hydrogen) atoms. The van der Waals surface area contributed by atoms with E-state index in [-0.39, 0.29) is 5.91 Å². The zero-order valence-corrected chi connectivity index (χ0v) is 11.9. The van der Waals surface area contributed by atoms with Gasteiger partial charge in [0.05, 0.1) is 12.6 Å². The fraction of sp³-hybridized carbons (Fsp3) is 0.923. The molecule has 1 aliphatic rings. The highest BCUT2D eigenvalue weighted by Gasteiger charge is 2.29. The van der Waals surface area contributed by atoms with Crippen molar-refractivity contribution in [2.24, 2.45) is 5.73 Å². The number of ether oxygens (including phenoxy) is 1. The van der Waals surface area contributed by atoms with Gasteiger partial charge in [-0.15, -0.1) is 0 Å². The lowest BCUT2D eigenvalue weighted by molar-refractivity contribution is -0.135. The van der Waals surface area contributed by atoms with Crippen molar-refractivity contribution in [3.63, 3.8) is 0 Å². The van der Waals surface area contributed by atoms with Gasteiger partial charge in [-0.2, -0.15) is 0 Å². The minimum atomic E-state index is -0.391. The molecule has 0 radical (unpaired) electrons. The van der Waals surface area contributed by atoms with Crippen LogP contribution in [0, 0.1) is 0 Å². The van der Waals surface area contributed by atoms with Crippen molar-refractivity contribution in [3.8, 4) is 0 Å². The summed E-state index contributed by atoms with van der Waals surface area (Å²) >= 11 is 0. The molecule has 106 valence electrons. The summed E-state index contributed by atoms with van der Waals surface area (Å²) in [4.78, 5) is 16.3. The second kappa shape index (κ2) is 7.71. The van der Waals surface area contributed by atoms with Crippen LogP contribution in [0.1, 0.15) is 26.7 Å². The zero-order valence-electron chi connectivity index (χ0n) is 11.9. The number of piperazine rings is 1. The molecule has 0 unspecified atom stereocenters. The van der Waals surface area contributed by atoms with Crippen LogP contribution in [-0.4, -0.2) is 67.7 Å². The van der Waals surface area contributed by atoms with Crippen molar-refractivity contribution in [3.05, 3.63) is 0 Å². The van der Waals surface area contributed by atoms with Gasteiger partial charge >= 0.3 is 0 Å².